The molecule has 4 rings (SSSR count). The summed E-state index contributed by atoms with van der Waals surface area (Å²) in [7, 11) is 0. The largest absolute Gasteiger partial charge is 0.465 e. The van der Waals surface area contributed by atoms with Crippen LogP contribution in [0.1, 0.15) is 31.9 Å². The highest BCUT2D eigenvalue weighted by molar-refractivity contribution is 5.94. The van der Waals surface area contributed by atoms with Crippen LogP contribution >= 0.6 is 0 Å². The third kappa shape index (κ3) is 3.93. The number of nitrogens with zero attached hydrogens (tertiary/aromatic N) is 4. The fraction of sp³-hybridized carbons (Fsp3) is 0.429. The van der Waals surface area contributed by atoms with Gasteiger partial charge in [-0.15, -0.1) is 0 Å². The first kappa shape index (κ1) is 20.1. The molecule has 3 heterocycles. The Labute approximate surface area is 174 Å². The number of amides is 2. The van der Waals surface area contributed by atoms with Crippen LogP contribution in [-0.4, -0.2) is 59.4 Å². The first-order valence-electron chi connectivity index (χ1n) is 10.0. The lowest BCUT2D eigenvalue weighted by Crippen LogP contribution is -2.45. The zero-order valence-corrected chi connectivity index (χ0v) is 17.0. The molecule has 0 radical (unpaired) electrons. The van der Waals surface area contributed by atoms with Gasteiger partial charge in [-0.1, -0.05) is 6.07 Å². The maximum Gasteiger partial charge on any atom is 0.405 e. The topological polar surface area (TPSA) is 108 Å². The Hall–Kier alpha value is -3.20. The summed E-state index contributed by atoms with van der Waals surface area (Å²) in [6.07, 6.45) is 2.97. The number of morpholine rings is 1. The lowest BCUT2D eigenvalue weighted by atomic mass is 9.89. The number of rotatable bonds is 3. The highest BCUT2D eigenvalue weighted by Gasteiger charge is 2.33. The van der Waals surface area contributed by atoms with E-state index < -0.39 is 12.1 Å². The molecule has 2 atom stereocenters. The summed E-state index contributed by atoms with van der Waals surface area (Å²) < 4.78 is 5.36. The van der Waals surface area contributed by atoms with Gasteiger partial charge in [0, 0.05) is 49.7 Å². The summed E-state index contributed by atoms with van der Waals surface area (Å²) in [5, 5.41) is 11.9. The van der Waals surface area contributed by atoms with E-state index in [2.05, 4.69) is 20.2 Å². The molecule has 1 saturated heterocycles. The van der Waals surface area contributed by atoms with Gasteiger partial charge in [0.1, 0.15) is 0 Å². The van der Waals surface area contributed by atoms with Gasteiger partial charge < -0.3 is 25.0 Å². The molecule has 30 heavy (non-hydrogen) atoms. The Kier molecular flexibility index (Phi) is 5.54. The van der Waals surface area contributed by atoms with Gasteiger partial charge in [0.15, 0.2) is 0 Å². The number of ether oxygens (including phenoxy) is 1. The van der Waals surface area contributed by atoms with Crippen molar-refractivity contribution in [2.24, 2.45) is 0 Å². The van der Waals surface area contributed by atoms with Crippen molar-refractivity contribution in [1.29, 1.82) is 0 Å². The van der Waals surface area contributed by atoms with E-state index >= 15 is 0 Å². The van der Waals surface area contributed by atoms with Gasteiger partial charge in [-0.05, 0) is 36.6 Å². The Morgan fingerprint density at radius 1 is 1.17 bits per heavy atom. The monoisotopic (exact) mass is 411 g/mol. The number of anilines is 2. The molecule has 2 aromatic rings. The molecule has 9 heteroatoms. The molecule has 0 bridgehead atoms. The molecular formula is C21H25N5O4. The van der Waals surface area contributed by atoms with Crippen molar-refractivity contribution < 1.29 is 19.4 Å². The highest BCUT2D eigenvalue weighted by atomic mass is 16.5. The summed E-state index contributed by atoms with van der Waals surface area (Å²) >= 11 is 0. The zero-order chi connectivity index (χ0) is 21.3. The van der Waals surface area contributed by atoms with Crippen molar-refractivity contribution in [3.63, 3.8) is 0 Å². The predicted octanol–water partition coefficient (Wildman–Crippen LogP) is 2.43. The lowest BCUT2D eigenvalue weighted by molar-refractivity contribution is -0.117. The number of fused-ring (bicyclic) bond motifs is 1. The van der Waals surface area contributed by atoms with E-state index in [-0.39, 0.29) is 11.9 Å². The van der Waals surface area contributed by atoms with Crippen molar-refractivity contribution >= 4 is 23.6 Å². The molecule has 2 aliphatic rings. The van der Waals surface area contributed by atoms with Crippen molar-refractivity contribution in [2.75, 3.05) is 36.1 Å². The van der Waals surface area contributed by atoms with Gasteiger partial charge in [0.05, 0.1) is 19.3 Å². The van der Waals surface area contributed by atoms with E-state index in [9.17, 15) is 14.7 Å². The van der Waals surface area contributed by atoms with Gasteiger partial charge in [-0.3, -0.25) is 4.79 Å². The quantitative estimate of drug-likeness (QED) is 0.799. The second kappa shape index (κ2) is 8.27. The standard InChI is InChI=1S/C21H25N5O4/c1-13-9-18(24-21(28)29)17-10-15(3-4-19(17)26(13)14(2)27)16-11-22-20(23-12-16)25-5-7-30-8-6-25/h3-4,10-13,18,24H,5-9H2,1-2H3,(H,28,29)/t13-,18+/m0/s1. The van der Waals surface area contributed by atoms with Crippen LogP contribution in [-0.2, 0) is 9.53 Å². The lowest BCUT2D eigenvalue weighted by Gasteiger charge is -2.39. The van der Waals surface area contributed by atoms with Gasteiger partial charge in [0.25, 0.3) is 0 Å². The Morgan fingerprint density at radius 2 is 1.87 bits per heavy atom. The second-order valence-electron chi connectivity index (χ2n) is 7.62. The SMILES string of the molecule is CC(=O)N1c2ccc(-c3cnc(N4CCOCC4)nc3)cc2[C@H](NC(=O)O)C[C@@H]1C. The van der Waals surface area contributed by atoms with Crippen LogP contribution in [0.25, 0.3) is 11.1 Å². The molecule has 2 N–H and O–H groups in total. The molecule has 1 fully saturated rings. The van der Waals surface area contributed by atoms with Crippen LogP contribution < -0.4 is 15.1 Å². The van der Waals surface area contributed by atoms with E-state index in [1.165, 1.54) is 6.92 Å². The average Bonchev–Trinajstić information content (AvgIpc) is 2.73. The summed E-state index contributed by atoms with van der Waals surface area (Å²) in [4.78, 5) is 36.3. The van der Waals surface area contributed by atoms with Gasteiger partial charge in [-0.2, -0.15) is 0 Å². The fourth-order valence-electron chi connectivity index (χ4n) is 4.21. The van der Waals surface area contributed by atoms with E-state index in [1.807, 2.05) is 25.1 Å². The predicted molar refractivity (Wildman–Crippen MR) is 112 cm³/mol. The minimum Gasteiger partial charge on any atom is -0.465 e. The molecule has 1 aromatic heterocycles. The first-order chi connectivity index (χ1) is 14.4. The van der Waals surface area contributed by atoms with Gasteiger partial charge in [0.2, 0.25) is 11.9 Å². The molecule has 158 valence electrons. The molecule has 0 spiro atoms. The number of carbonyl (C=O) groups excluding carboxylic acids is 1. The van der Waals surface area contributed by atoms with E-state index in [1.54, 1.807) is 17.3 Å². The Morgan fingerprint density at radius 3 is 2.50 bits per heavy atom. The van der Waals surface area contributed by atoms with Crippen LogP contribution in [0.2, 0.25) is 0 Å². The van der Waals surface area contributed by atoms with Gasteiger partial charge in [-0.25, -0.2) is 14.8 Å². The number of hydrogen-bond donors (Lipinski definition) is 2. The molecule has 0 unspecified atom stereocenters. The van der Waals surface area contributed by atoms with Crippen molar-refractivity contribution in [3.8, 4) is 11.1 Å². The highest BCUT2D eigenvalue weighted by Crippen LogP contribution is 2.39. The van der Waals surface area contributed by atoms with E-state index in [0.717, 1.165) is 35.5 Å². The van der Waals surface area contributed by atoms with Crippen molar-refractivity contribution in [1.82, 2.24) is 15.3 Å². The zero-order valence-electron chi connectivity index (χ0n) is 17.0. The van der Waals surface area contributed by atoms with Crippen molar-refractivity contribution in [3.05, 3.63) is 36.2 Å². The van der Waals surface area contributed by atoms with Crippen LogP contribution in [0, 0.1) is 0 Å². The third-order valence-electron chi connectivity index (χ3n) is 5.58. The number of carboxylic acid groups (broad SMARTS) is 1. The minimum absolute atomic E-state index is 0.0662. The molecule has 1 aromatic carbocycles. The number of carbonyl (C=O) groups is 2. The number of nitrogens with one attached hydrogen (secondary N) is 1. The van der Waals surface area contributed by atoms with E-state index in [0.29, 0.717) is 25.6 Å². The Balaban J connectivity index is 1.67. The molecule has 9 nitrogen and oxygen atoms in total. The van der Waals surface area contributed by atoms with E-state index in [4.69, 9.17) is 4.74 Å². The average molecular weight is 411 g/mol. The maximum absolute atomic E-state index is 12.2. The molecule has 2 aliphatic heterocycles. The number of aromatic nitrogens is 2. The molecular weight excluding hydrogens is 386 g/mol. The Bertz CT molecular complexity index is 943. The first-order valence-corrected chi connectivity index (χ1v) is 10.0. The number of benzene rings is 1. The summed E-state index contributed by atoms with van der Waals surface area (Å²) in [5.41, 5.74) is 3.21. The number of hydrogen-bond acceptors (Lipinski definition) is 6. The smallest absolute Gasteiger partial charge is 0.405 e. The molecule has 0 aliphatic carbocycles. The van der Waals surface area contributed by atoms with Crippen molar-refractivity contribution in [2.45, 2.75) is 32.4 Å². The molecule has 0 saturated carbocycles. The normalized spacial score (nSPS) is 21.1. The van der Waals surface area contributed by atoms with Crippen LogP contribution in [0.15, 0.2) is 30.6 Å². The van der Waals surface area contributed by atoms with Crippen LogP contribution in [0.4, 0.5) is 16.4 Å². The van der Waals surface area contributed by atoms with Crippen LogP contribution in [0.3, 0.4) is 0 Å². The second-order valence-corrected chi connectivity index (χ2v) is 7.62. The maximum atomic E-state index is 12.2. The van der Waals surface area contributed by atoms with Crippen LogP contribution in [0.5, 0.6) is 0 Å². The fourth-order valence-corrected chi connectivity index (χ4v) is 4.21. The molecule has 2 amide bonds. The third-order valence-corrected chi connectivity index (χ3v) is 5.58. The van der Waals surface area contributed by atoms with Gasteiger partial charge >= 0.3 is 6.09 Å². The summed E-state index contributed by atoms with van der Waals surface area (Å²) in [6, 6.07) is 5.21. The minimum atomic E-state index is -1.09. The summed E-state index contributed by atoms with van der Waals surface area (Å²) in [5.74, 6) is 0.602. The summed E-state index contributed by atoms with van der Waals surface area (Å²) in [6.45, 7) is 6.31.